The van der Waals surface area contributed by atoms with E-state index in [9.17, 15) is 5.11 Å². The minimum absolute atomic E-state index is 0.303. The summed E-state index contributed by atoms with van der Waals surface area (Å²) in [6.45, 7) is 14.0. The van der Waals surface area contributed by atoms with E-state index in [1.54, 1.807) is 0 Å². The second-order valence-electron chi connectivity index (χ2n) is 11.2. The van der Waals surface area contributed by atoms with Gasteiger partial charge in [0.25, 0.3) is 0 Å². The summed E-state index contributed by atoms with van der Waals surface area (Å²) in [5, 5.41) is 10.6. The molecule has 5 rings (SSSR count). The smallest absolute Gasteiger partial charge is 0.231 e. The van der Waals surface area contributed by atoms with Crippen molar-refractivity contribution in [2.45, 2.75) is 65.2 Å². The highest BCUT2D eigenvalue weighted by Gasteiger charge is 2.61. The van der Waals surface area contributed by atoms with E-state index < -0.39 is 0 Å². The number of rotatable bonds is 8. The third-order valence-corrected chi connectivity index (χ3v) is 9.26. The molecular formula is C26H40N2O4. The number of benzene rings is 1. The van der Waals surface area contributed by atoms with Crippen molar-refractivity contribution in [1.82, 2.24) is 9.80 Å². The van der Waals surface area contributed by atoms with Gasteiger partial charge in [-0.05, 0) is 60.1 Å². The largest absolute Gasteiger partial charge is 0.454 e. The summed E-state index contributed by atoms with van der Waals surface area (Å²) in [4.78, 5) is 4.86. The van der Waals surface area contributed by atoms with E-state index in [-0.39, 0.29) is 6.10 Å². The molecule has 1 aromatic carbocycles. The Balaban J connectivity index is 1.01. The van der Waals surface area contributed by atoms with Crippen LogP contribution in [-0.2, 0) is 11.3 Å². The first kappa shape index (κ1) is 22.5. The number of aliphatic hydroxyl groups excluding tert-OH is 1. The zero-order chi connectivity index (χ0) is 22.3. The lowest BCUT2D eigenvalue weighted by Crippen LogP contribution is -2.48. The summed E-state index contributed by atoms with van der Waals surface area (Å²) in [7, 11) is 0. The number of nitrogens with zero attached hydrogens (tertiary/aromatic N) is 2. The summed E-state index contributed by atoms with van der Waals surface area (Å²) in [5.41, 5.74) is 1.95. The van der Waals surface area contributed by atoms with Gasteiger partial charge in [0.2, 0.25) is 6.79 Å². The van der Waals surface area contributed by atoms with Crippen LogP contribution in [0.5, 0.6) is 11.5 Å². The number of fused-ring (bicyclic) bond motifs is 3. The molecule has 2 aliphatic carbocycles. The molecule has 6 nitrogen and oxygen atoms in total. The predicted octanol–water partition coefficient (Wildman–Crippen LogP) is 3.52. The number of hydrogen-bond acceptors (Lipinski definition) is 6. The SMILES string of the molecule is CC1(C)C2CCC1(C)C(OCCC(O)CN1CCN(Cc3ccc4c(c3)OCO4)CC1)C2. The number of ether oxygens (including phenoxy) is 3. The molecule has 2 bridgehead atoms. The van der Waals surface area contributed by atoms with E-state index in [4.69, 9.17) is 14.2 Å². The summed E-state index contributed by atoms with van der Waals surface area (Å²) in [6, 6.07) is 6.22. The van der Waals surface area contributed by atoms with Gasteiger partial charge in [-0.15, -0.1) is 0 Å². The molecule has 4 aliphatic rings. The molecule has 6 heteroatoms. The van der Waals surface area contributed by atoms with Gasteiger partial charge in [0.1, 0.15) is 0 Å². The Labute approximate surface area is 192 Å². The fourth-order valence-corrected chi connectivity index (χ4v) is 6.55. The molecule has 1 N–H and O–H groups in total. The zero-order valence-electron chi connectivity index (χ0n) is 20.0. The topological polar surface area (TPSA) is 54.4 Å². The van der Waals surface area contributed by atoms with Gasteiger partial charge in [0.15, 0.2) is 11.5 Å². The third-order valence-electron chi connectivity index (χ3n) is 9.26. The first-order valence-corrected chi connectivity index (χ1v) is 12.5. The van der Waals surface area contributed by atoms with Crippen LogP contribution in [0.4, 0.5) is 0 Å². The van der Waals surface area contributed by atoms with Crippen LogP contribution >= 0.6 is 0 Å². The molecule has 1 aromatic rings. The maximum Gasteiger partial charge on any atom is 0.231 e. The highest BCUT2D eigenvalue weighted by atomic mass is 16.7. The molecule has 0 aromatic heterocycles. The zero-order valence-corrected chi connectivity index (χ0v) is 20.0. The van der Waals surface area contributed by atoms with E-state index in [1.165, 1.54) is 24.8 Å². The molecule has 0 amide bonds. The van der Waals surface area contributed by atoms with Gasteiger partial charge in [0, 0.05) is 45.9 Å². The average molecular weight is 445 g/mol. The molecule has 3 fully saturated rings. The van der Waals surface area contributed by atoms with Crippen LogP contribution in [0.25, 0.3) is 0 Å². The molecule has 32 heavy (non-hydrogen) atoms. The van der Waals surface area contributed by atoms with Gasteiger partial charge in [-0.25, -0.2) is 0 Å². The van der Waals surface area contributed by atoms with Crippen LogP contribution in [0.2, 0.25) is 0 Å². The van der Waals surface area contributed by atoms with E-state index in [0.29, 0.717) is 30.3 Å². The molecule has 178 valence electrons. The Morgan fingerprint density at radius 2 is 1.84 bits per heavy atom. The van der Waals surface area contributed by atoms with Crippen LogP contribution in [0.3, 0.4) is 0 Å². The van der Waals surface area contributed by atoms with Crippen LogP contribution in [0.15, 0.2) is 18.2 Å². The quantitative estimate of drug-likeness (QED) is 0.662. The minimum atomic E-state index is -0.310. The van der Waals surface area contributed by atoms with E-state index in [1.807, 2.05) is 6.07 Å². The van der Waals surface area contributed by atoms with Crippen molar-refractivity contribution < 1.29 is 19.3 Å². The highest BCUT2D eigenvalue weighted by Crippen LogP contribution is 2.66. The standard InChI is InChI=1S/C26H40N2O4/c1-25(2)20-6-8-26(25,3)24(15-20)30-13-7-21(29)17-28-11-9-27(10-12-28)16-19-4-5-22-23(14-19)32-18-31-22/h4-5,14,20-21,24,29H,6-13,15-18H2,1-3H3. The molecular weight excluding hydrogens is 404 g/mol. The predicted molar refractivity (Wildman–Crippen MR) is 124 cm³/mol. The first-order chi connectivity index (χ1) is 15.3. The summed E-state index contributed by atoms with van der Waals surface area (Å²) >= 11 is 0. The Morgan fingerprint density at radius 1 is 1.09 bits per heavy atom. The summed E-state index contributed by atoms with van der Waals surface area (Å²) in [5.74, 6) is 2.50. The Bertz CT molecular complexity index is 807. The minimum Gasteiger partial charge on any atom is -0.454 e. The lowest BCUT2D eigenvalue weighted by Gasteiger charge is -2.39. The average Bonchev–Trinajstić information content (AvgIpc) is 3.37. The second-order valence-corrected chi connectivity index (χ2v) is 11.2. The number of aliphatic hydroxyl groups is 1. The van der Waals surface area contributed by atoms with Crippen molar-refractivity contribution in [3.05, 3.63) is 23.8 Å². The fraction of sp³-hybridized carbons (Fsp3) is 0.769. The molecule has 2 saturated carbocycles. The van der Waals surface area contributed by atoms with E-state index >= 15 is 0 Å². The van der Waals surface area contributed by atoms with Crippen molar-refractivity contribution in [1.29, 1.82) is 0 Å². The maximum atomic E-state index is 10.6. The number of piperazine rings is 1. The van der Waals surface area contributed by atoms with E-state index in [2.05, 4.69) is 42.7 Å². The summed E-state index contributed by atoms with van der Waals surface area (Å²) < 4.78 is 17.2. The molecule has 0 radical (unpaired) electrons. The normalized spacial score (nSPS) is 32.5. The molecule has 0 spiro atoms. The number of hydrogen-bond donors (Lipinski definition) is 1. The number of β-amino-alcohol motifs (C(OH)–C–C–N with tert-alkyl or cyclic N) is 1. The van der Waals surface area contributed by atoms with Crippen molar-refractivity contribution in [3.8, 4) is 11.5 Å². The van der Waals surface area contributed by atoms with Gasteiger partial charge in [0.05, 0.1) is 12.2 Å². The van der Waals surface area contributed by atoms with Crippen molar-refractivity contribution in [2.75, 3.05) is 46.1 Å². The Kier molecular flexibility index (Phi) is 6.16. The van der Waals surface area contributed by atoms with Gasteiger partial charge in [-0.3, -0.25) is 9.80 Å². The maximum absolute atomic E-state index is 10.6. The van der Waals surface area contributed by atoms with Crippen molar-refractivity contribution in [3.63, 3.8) is 0 Å². The van der Waals surface area contributed by atoms with Gasteiger partial charge < -0.3 is 19.3 Å². The molecule has 4 unspecified atom stereocenters. The van der Waals surface area contributed by atoms with Gasteiger partial charge in [-0.1, -0.05) is 26.8 Å². The van der Waals surface area contributed by atoms with Crippen LogP contribution in [0, 0.1) is 16.7 Å². The molecule has 4 atom stereocenters. The van der Waals surface area contributed by atoms with Crippen LogP contribution < -0.4 is 9.47 Å². The van der Waals surface area contributed by atoms with Gasteiger partial charge in [-0.2, -0.15) is 0 Å². The first-order valence-electron chi connectivity index (χ1n) is 12.5. The second kappa shape index (κ2) is 8.79. The Morgan fingerprint density at radius 3 is 2.56 bits per heavy atom. The highest BCUT2D eigenvalue weighted by molar-refractivity contribution is 5.44. The lowest BCUT2D eigenvalue weighted by atomic mass is 9.70. The fourth-order valence-electron chi connectivity index (χ4n) is 6.55. The lowest BCUT2D eigenvalue weighted by molar-refractivity contribution is -0.0570. The molecule has 2 aliphatic heterocycles. The van der Waals surface area contributed by atoms with Crippen molar-refractivity contribution in [2.24, 2.45) is 16.7 Å². The third kappa shape index (κ3) is 4.15. The van der Waals surface area contributed by atoms with Crippen molar-refractivity contribution >= 4 is 0 Å². The molecule has 2 heterocycles. The van der Waals surface area contributed by atoms with E-state index in [0.717, 1.165) is 63.1 Å². The van der Waals surface area contributed by atoms with Gasteiger partial charge >= 0.3 is 0 Å². The monoisotopic (exact) mass is 444 g/mol. The Hall–Kier alpha value is -1.34. The molecule has 1 saturated heterocycles. The summed E-state index contributed by atoms with van der Waals surface area (Å²) in [6.07, 6.45) is 4.62. The van der Waals surface area contributed by atoms with Crippen LogP contribution in [0.1, 0.15) is 52.0 Å². The van der Waals surface area contributed by atoms with Crippen LogP contribution in [-0.4, -0.2) is 73.2 Å².